The van der Waals surface area contributed by atoms with Gasteiger partial charge in [-0.25, -0.2) is 0 Å². The van der Waals surface area contributed by atoms with E-state index in [-0.39, 0.29) is 29.8 Å². The highest BCUT2D eigenvalue weighted by atomic mass is 127. The number of carbonyl (C=O) groups excluding carboxylic acids is 1. The fraction of sp³-hybridized carbons (Fsp3) is 0.167. The van der Waals surface area contributed by atoms with Crippen LogP contribution in [0.1, 0.15) is 6.42 Å². The van der Waals surface area contributed by atoms with Gasteiger partial charge in [0, 0.05) is 12.5 Å². The maximum Gasteiger partial charge on any atom is 0.159 e. The van der Waals surface area contributed by atoms with Gasteiger partial charge in [-0.3, -0.25) is 4.79 Å². The van der Waals surface area contributed by atoms with Crippen LogP contribution in [0.4, 0.5) is 0 Å². The highest BCUT2D eigenvalue weighted by molar-refractivity contribution is 5.92. The number of hydrogen-bond donors (Lipinski definition) is 1. The van der Waals surface area contributed by atoms with Crippen molar-refractivity contribution in [2.24, 2.45) is 0 Å². The molecule has 0 atom stereocenters. The highest BCUT2D eigenvalue weighted by Crippen LogP contribution is 1.99. The summed E-state index contributed by atoms with van der Waals surface area (Å²) in [5.41, 5.74) is 1.33. The van der Waals surface area contributed by atoms with Crippen LogP contribution in [0.3, 0.4) is 0 Å². The van der Waals surface area contributed by atoms with Gasteiger partial charge in [0.15, 0.2) is 5.78 Å². The number of hydrogen-bond acceptors (Lipinski definition) is 2. The van der Waals surface area contributed by atoms with Gasteiger partial charge in [-0.1, -0.05) is 0 Å². The molecular weight excluding hydrogens is 245 g/mol. The molecular formula is C6H7INO2-. The van der Waals surface area contributed by atoms with Gasteiger partial charge in [-0.05, 0) is 12.2 Å². The molecule has 3 nitrogen and oxygen atoms in total. The summed E-state index contributed by atoms with van der Waals surface area (Å²) in [6, 6.07) is 0. The van der Waals surface area contributed by atoms with Gasteiger partial charge in [-0.15, -0.1) is 0 Å². The molecule has 0 saturated carbocycles. The molecule has 0 bridgehead atoms. The summed E-state index contributed by atoms with van der Waals surface area (Å²) in [6.45, 7) is 0. The summed E-state index contributed by atoms with van der Waals surface area (Å²) in [5, 5.41) is 10.0. The second kappa shape index (κ2) is 4.59. The van der Waals surface area contributed by atoms with Gasteiger partial charge < -0.3 is 34.7 Å². The molecule has 0 amide bonds. The summed E-state index contributed by atoms with van der Waals surface area (Å²) in [4.78, 5) is 10.5. The van der Waals surface area contributed by atoms with Gasteiger partial charge in [-0.2, -0.15) is 0 Å². The lowest BCUT2D eigenvalue weighted by Crippen LogP contribution is -3.00. The molecule has 1 aliphatic rings. The summed E-state index contributed by atoms with van der Waals surface area (Å²) in [7, 11) is 0. The zero-order valence-corrected chi connectivity index (χ0v) is 7.37. The quantitative estimate of drug-likeness (QED) is 0.388. The van der Waals surface area contributed by atoms with Crippen LogP contribution >= 0.6 is 0 Å². The van der Waals surface area contributed by atoms with Crippen LogP contribution in [0.15, 0.2) is 23.9 Å². The molecule has 1 rings (SSSR count). The van der Waals surface area contributed by atoms with E-state index < -0.39 is 0 Å². The van der Waals surface area contributed by atoms with E-state index >= 15 is 0 Å². The Kier molecular flexibility index (Phi) is 4.50. The lowest BCUT2D eigenvalue weighted by atomic mass is 10.1. The van der Waals surface area contributed by atoms with Crippen LogP contribution in [0.25, 0.3) is 0 Å². The van der Waals surface area contributed by atoms with Crippen molar-refractivity contribution in [3.63, 3.8) is 0 Å². The van der Waals surface area contributed by atoms with Crippen LogP contribution in [0.2, 0.25) is 0 Å². The number of allylic oxidation sites excluding steroid dienone is 3. The second-order valence-electron chi connectivity index (χ2n) is 1.83. The van der Waals surface area contributed by atoms with Crippen molar-refractivity contribution in [3.05, 3.63) is 29.1 Å². The normalized spacial score (nSPS) is 16.1. The largest absolute Gasteiger partial charge is 1.00 e. The average Bonchev–Trinajstić information content (AvgIpc) is 1.90. The number of ketones is 1. The predicted octanol–water partition coefficient (Wildman–Crippen LogP) is -3.54. The zero-order chi connectivity index (χ0) is 6.69. The van der Waals surface area contributed by atoms with Crippen molar-refractivity contribution in [1.82, 2.24) is 0 Å². The standard InChI is InChI=1S/C6H7NO2.HI/c8-6-3-1-5(7-9)2-4-6;/h1-3H,4,7H2;1H/p-1. The van der Waals surface area contributed by atoms with Crippen LogP contribution in [-0.2, 0) is 4.79 Å². The molecule has 0 aromatic heterocycles. The average molecular weight is 252 g/mol. The van der Waals surface area contributed by atoms with Gasteiger partial charge in [0.1, 0.15) is 5.70 Å². The Hall–Kier alpha value is -0.200. The van der Waals surface area contributed by atoms with E-state index in [2.05, 4.69) is 0 Å². The summed E-state index contributed by atoms with van der Waals surface area (Å²) in [5.74, 6) is 0.0561. The lowest BCUT2D eigenvalue weighted by Gasteiger charge is -2.03. The highest BCUT2D eigenvalue weighted by Gasteiger charge is 2.01. The van der Waals surface area contributed by atoms with Gasteiger partial charge in [0.2, 0.25) is 0 Å². The van der Waals surface area contributed by atoms with E-state index in [1.54, 1.807) is 6.08 Å². The van der Waals surface area contributed by atoms with Gasteiger partial charge in [0.25, 0.3) is 0 Å². The first kappa shape index (κ1) is 9.80. The van der Waals surface area contributed by atoms with Crippen molar-refractivity contribution in [2.45, 2.75) is 6.42 Å². The molecule has 0 spiro atoms. The Balaban J connectivity index is 0.000000810. The first-order chi connectivity index (χ1) is 4.33. The van der Waals surface area contributed by atoms with E-state index in [1.165, 1.54) is 12.2 Å². The molecule has 0 aliphatic heterocycles. The third-order valence-electron chi connectivity index (χ3n) is 1.14. The van der Waals surface area contributed by atoms with Crippen molar-refractivity contribution in [1.29, 1.82) is 0 Å². The van der Waals surface area contributed by atoms with E-state index in [1.807, 2.05) is 0 Å². The number of rotatable bonds is 1. The minimum Gasteiger partial charge on any atom is -1.00 e. The van der Waals surface area contributed by atoms with Crippen molar-refractivity contribution >= 4 is 5.78 Å². The monoisotopic (exact) mass is 252 g/mol. The van der Waals surface area contributed by atoms with E-state index in [0.717, 1.165) is 5.48 Å². The smallest absolute Gasteiger partial charge is 0.159 e. The molecule has 0 aromatic rings. The van der Waals surface area contributed by atoms with Crippen molar-refractivity contribution in [3.8, 4) is 0 Å². The maximum atomic E-state index is 10.5. The molecule has 0 fully saturated rings. The summed E-state index contributed by atoms with van der Waals surface area (Å²) >= 11 is 0. The molecule has 0 saturated heterocycles. The molecule has 56 valence electrons. The Labute approximate surface area is 75.8 Å². The number of hydroxylamine groups is 1. The predicted molar refractivity (Wildman–Crippen MR) is 32.1 cm³/mol. The molecule has 1 aliphatic carbocycles. The lowest BCUT2D eigenvalue weighted by molar-refractivity contribution is -0.530. The Morgan fingerprint density at radius 1 is 1.50 bits per heavy atom. The first-order valence-electron chi connectivity index (χ1n) is 2.69. The fourth-order valence-electron chi connectivity index (χ4n) is 0.631. The van der Waals surface area contributed by atoms with E-state index in [9.17, 15) is 10.0 Å². The SMILES string of the molecule is O=C1C=CC([NH2+][O-])=CC1.[I-]. The molecule has 0 heterocycles. The number of halogens is 1. The minimum atomic E-state index is 0. The van der Waals surface area contributed by atoms with E-state index in [0.29, 0.717) is 12.1 Å². The van der Waals surface area contributed by atoms with Crippen LogP contribution in [0, 0.1) is 5.21 Å². The minimum absolute atomic E-state index is 0. The fourth-order valence-corrected chi connectivity index (χ4v) is 0.631. The van der Waals surface area contributed by atoms with Crippen molar-refractivity contribution < 1.29 is 34.3 Å². The molecule has 0 unspecified atom stereocenters. The zero-order valence-electron chi connectivity index (χ0n) is 5.21. The summed E-state index contributed by atoms with van der Waals surface area (Å²) < 4.78 is 0. The molecule has 0 radical (unpaired) electrons. The van der Waals surface area contributed by atoms with Crippen LogP contribution < -0.4 is 29.5 Å². The van der Waals surface area contributed by atoms with Gasteiger partial charge in [0.05, 0.1) is 0 Å². The first-order valence-corrected chi connectivity index (χ1v) is 2.69. The number of nitrogens with two attached hydrogens (primary N) is 1. The van der Waals surface area contributed by atoms with Crippen molar-refractivity contribution in [2.75, 3.05) is 0 Å². The maximum absolute atomic E-state index is 10.5. The van der Waals surface area contributed by atoms with Crippen LogP contribution in [-0.4, -0.2) is 5.78 Å². The Bertz CT molecular complexity index is 186. The van der Waals surface area contributed by atoms with Crippen LogP contribution in [0.5, 0.6) is 0 Å². The third kappa shape index (κ3) is 2.59. The van der Waals surface area contributed by atoms with Gasteiger partial charge >= 0.3 is 0 Å². The Morgan fingerprint density at radius 3 is 2.60 bits per heavy atom. The molecule has 10 heavy (non-hydrogen) atoms. The summed E-state index contributed by atoms with van der Waals surface area (Å²) in [6.07, 6.45) is 4.93. The molecule has 2 N–H and O–H groups in total. The third-order valence-corrected chi connectivity index (χ3v) is 1.14. The molecule has 0 aromatic carbocycles. The van der Waals surface area contributed by atoms with E-state index in [4.69, 9.17) is 0 Å². The second-order valence-corrected chi connectivity index (χ2v) is 1.83. The Morgan fingerprint density at radius 2 is 2.20 bits per heavy atom. The number of quaternary nitrogens is 1. The molecule has 4 heteroatoms. The number of carbonyl (C=O) groups is 1. The topological polar surface area (TPSA) is 56.7 Å².